The van der Waals surface area contributed by atoms with Crippen molar-refractivity contribution in [3.8, 4) is 11.4 Å². The summed E-state index contributed by atoms with van der Waals surface area (Å²) in [6.45, 7) is 4.17. The van der Waals surface area contributed by atoms with Gasteiger partial charge in [-0.25, -0.2) is 4.39 Å². The molecule has 2 heterocycles. The van der Waals surface area contributed by atoms with Crippen molar-refractivity contribution < 1.29 is 13.9 Å². The molecule has 1 saturated heterocycles. The fourth-order valence-corrected chi connectivity index (χ4v) is 3.73. The van der Waals surface area contributed by atoms with E-state index in [4.69, 9.17) is 4.74 Å². The summed E-state index contributed by atoms with van der Waals surface area (Å²) in [5.74, 6) is 0.654. The van der Waals surface area contributed by atoms with Crippen LogP contribution in [0.3, 0.4) is 0 Å². The lowest BCUT2D eigenvalue weighted by atomic mass is 10.2. The molecule has 0 saturated carbocycles. The van der Waals surface area contributed by atoms with E-state index < -0.39 is 0 Å². The number of benzene rings is 1. The highest BCUT2D eigenvalue weighted by molar-refractivity contribution is 7.99. The lowest BCUT2D eigenvalue weighted by molar-refractivity contribution is -0.118. The molecule has 1 amide bonds. The molecule has 0 radical (unpaired) electrons. The lowest BCUT2D eigenvalue weighted by Crippen LogP contribution is -2.26. The van der Waals surface area contributed by atoms with Crippen LogP contribution < -0.4 is 5.32 Å². The Morgan fingerprint density at radius 2 is 2.19 bits per heavy atom. The molecule has 1 atom stereocenters. The first-order valence-electron chi connectivity index (χ1n) is 9.37. The van der Waals surface area contributed by atoms with Gasteiger partial charge < -0.3 is 10.1 Å². The van der Waals surface area contributed by atoms with Crippen molar-refractivity contribution in [3.05, 3.63) is 30.1 Å². The normalized spacial score (nSPS) is 16.6. The number of hydrogen-bond acceptors (Lipinski definition) is 5. The van der Waals surface area contributed by atoms with E-state index in [1.54, 1.807) is 12.1 Å². The maximum absolute atomic E-state index is 13.3. The number of unbranched alkanes of at least 4 members (excludes halogenated alkanes) is 1. The molecule has 1 unspecified atom stereocenters. The summed E-state index contributed by atoms with van der Waals surface area (Å²) in [5.41, 5.74) is 0.793. The van der Waals surface area contributed by atoms with Gasteiger partial charge in [-0.15, -0.1) is 10.2 Å². The zero-order valence-corrected chi connectivity index (χ0v) is 16.3. The van der Waals surface area contributed by atoms with Crippen molar-refractivity contribution in [2.45, 2.75) is 50.4 Å². The number of amides is 1. The summed E-state index contributed by atoms with van der Waals surface area (Å²) < 4.78 is 21.0. The van der Waals surface area contributed by atoms with Gasteiger partial charge in [0.05, 0.1) is 18.4 Å². The van der Waals surface area contributed by atoms with Crippen LogP contribution in [0.15, 0.2) is 29.4 Å². The lowest BCUT2D eigenvalue weighted by Gasteiger charge is -2.14. The zero-order chi connectivity index (χ0) is 19.1. The van der Waals surface area contributed by atoms with E-state index in [0.717, 1.165) is 37.9 Å². The van der Waals surface area contributed by atoms with Gasteiger partial charge in [0.2, 0.25) is 5.91 Å². The summed E-state index contributed by atoms with van der Waals surface area (Å²) in [6, 6.07) is 6.21. The monoisotopic (exact) mass is 392 g/mol. The van der Waals surface area contributed by atoms with Crippen molar-refractivity contribution in [2.24, 2.45) is 0 Å². The van der Waals surface area contributed by atoms with Crippen LogP contribution in [0.2, 0.25) is 0 Å². The molecular formula is C19H25FN4O2S. The Morgan fingerprint density at radius 1 is 1.37 bits per heavy atom. The Labute approximate surface area is 162 Å². The van der Waals surface area contributed by atoms with Gasteiger partial charge >= 0.3 is 0 Å². The third-order valence-electron chi connectivity index (χ3n) is 4.41. The van der Waals surface area contributed by atoms with Crippen LogP contribution >= 0.6 is 11.8 Å². The Balaban J connectivity index is 1.74. The SMILES string of the molecule is CCCCNC(=O)CSc1nnc(-c2ccc(F)cc2)n1CC1CCCO1. The molecule has 1 N–H and O–H groups in total. The van der Waals surface area contributed by atoms with Gasteiger partial charge in [0.1, 0.15) is 5.82 Å². The largest absolute Gasteiger partial charge is 0.376 e. The van der Waals surface area contributed by atoms with E-state index in [1.807, 2.05) is 4.57 Å². The minimum Gasteiger partial charge on any atom is -0.376 e. The third-order valence-corrected chi connectivity index (χ3v) is 5.38. The first-order valence-corrected chi connectivity index (χ1v) is 10.4. The van der Waals surface area contributed by atoms with E-state index >= 15 is 0 Å². The maximum Gasteiger partial charge on any atom is 0.230 e. The minimum absolute atomic E-state index is 0.0107. The van der Waals surface area contributed by atoms with Crippen molar-refractivity contribution in [1.82, 2.24) is 20.1 Å². The van der Waals surface area contributed by atoms with Crippen LogP contribution in [0.1, 0.15) is 32.6 Å². The summed E-state index contributed by atoms with van der Waals surface area (Å²) >= 11 is 1.36. The number of hydrogen-bond donors (Lipinski definition) is 1. The van der Waals surface area contributed by atoms with Crippen LogP contribution in [-0.4, -0.2) is 45.7 Å². The van der Waals surface area contributed by atoms with E-state index in [0.29, 0.717) is 24.1 Å². The Morgan fingerprint density at radius 3 is 2.89 bits per heavy atom. The summed E-state index contributed by atoms with van der Waals surface area (Å²) in [6.07, 6.45) is 4.16. The van der Waals surface area contributed by atoms with Crippen LogP contribution in [0, 0.1) is 5.82 Å². The van der Waals surface area contributed by atoms with Gasteiger partial charge in [0.25, 0.3) is 0 Å². The first kappa shape index (κ1) is 19.8. The average molecular weight is 393 g/mol. The molecular weight excluding hydrogens is 367 g/mol. The molecule has 146 valence electrons. The summed E-state index contributed by atoms with van der Waals surface area (Å²) in [7, 11) is 0. The highest BCUT2D eigenvalue weighted by Crippen LogP contribution is 2.26. The molecule has 1 aromatic heterocycles. The summed E-state index contributed by atoms with van der Waals surface area (Å²) in [5, 5.41) is 12.1. The molecule has 0 bridgehead atoms. The zero-order valence-electron chi connectivity index (χ0n) is 15.5. The molecule has 1 aromatic carbocycles. The van der Waals surface area contributed by atoms with E-state index in [1.165, 1.54) is 23.9 Å². The number of nitrogens with zero attached hydrogens (tertiary/aromatic N) is 3. The Kier molecular flexibility index (Phi) is 7.23. The van der Waals surface area contributed by atoms with Gasteiger partial charge in [-0.2, -0.15) is 0 Å². The molecule has 8 heteroatoms. The van der Waals surface area contributed by atoms with Crippen LogP contribution in [-0.2, 0) is 16.1 Å². The third kappa shape index (κ3) is 5.52. The van der Waals surface area contributed by atoms with Gasteiger partial charge in [-0.1, -0.05) is 25.1 Å². The number of rotatable bonds is 9. The van der Waals surface area contributed by atoms with Gasteiger partial charge in [-0.05, 0) is 43.5 Å². The van der Waals surface area contributed by atoms with E-state index in [9.17, 15) is 9.18 Å². The number of carbonyl (C=O) groups excluding carboxylic acids is 1. The van der Waals surface area contributed by atoms with Crippen LogP contribution in [0.5, 0.6) is 0 Å². The number of aromatic nitrogens is 3. The smallest absolute Gasteiger partial charge is 0.230 e. The van der Waals surface area contributed by atoms with Crippen molar-refractivity contribution in [3.63, 3.8) is 0 Å². The fourth-order valence-electron chi connectivity index (χ4n) is 2.95. The average Bonchev–Trinajstić information content (AvgIpc) is 3.32. The Hall–Kier alpha value is -1.93. The molecule has 0 spiro atoms. The predicted molar refractivity (Wildman–Crippen MR) is 103 cm³/mol. The highest BCUT2D eigenvalue weighted by Gasteiger charge is 2.22. The molecule has 27 heavy (non-hydrogen) atoms. The molecule has 6 nitrogen and oxygen atoms in total. The molecule has 3 rings (SSSR count). The van der Waals surface area contributed by atoms with Gasteiger partial charge in [-0.3, -0.25) is 9.36 Å². The quantitative estimate of drug-likeness (QED) is 0.524. The first-order chi connectivity index (χ1) is 13.2. The predicted octanol–water partition coefficient (Wildman–Crippen LogP) is 3.27. The topological polar surface area (TPSA) is 69.0 Å². The van der Waals surface area contributed by atoms with Crippen molar-refractivity contribution in [1.29, 1.82) is 0 Å². The second-order valence-electron chi connectivity index (χ2n) is 6.55. The molecule has 0 aliphatic carbocycles. The molecule has 2 aromatic rings. The van der Waals surface area contributed by atoms with Crippen molar-refractivity contribution in [2.75, 3.05) is 18.9 Å². The number of ether oxygens (including phenoxy) is 1. The molecule has 1 aliphatic heterocycles. The maximum atomic E-state index is 13.3. The van der Waals surface area contributed by atoms with Crippen molar-refractivity contribution >= 4 is 17.7 Å². The van der Waals surface area contributed by atoms with Crippen LogP contribution in [0.4, 0.5) is 4.39 Å². The Bertz CT molecular complexity index is 745. The standard InChI is InChI=1S/C19H25FN4O2S/c1-2-3-10-21-17(25)13-27-19-23-22-18(14-6-8-15(20)9-7-14)24(19)12-16-5-4-11-26-16/h6-9,16H,2-5,10-13H2,1H3,(H,21,25). The number of thioether (sulfide) groups is 1. The fraction of sp³-hybridized carbons (Fsp3) is 0.526. The second-order valence-corrected chi connectivity index (χ2v) is 7.49. The van der Waals surface area contributed by atoms with E-state index in [-0.39, 0.29) is 23.6 Å². The molecule has 1 aliphatic rings. The highest BCUT2D eigenvalue weighted by atomic mass is 32.2. The van der Waals surface area contributed by atoms with Gasteiger partial charge in [0.15, 0.2) is 11.0 Å². The van der Waals surface area contributed by atoms with E-state index in [2.05, 4.69) is 22.4 Å². The second kappa shape index (κ2) is 9.85. The van der Waals surface area contributed by atoms with Gasteiger partial charge in [0, 0.05) is 18.7 Å². The summed E-state index contributed by atoms with van der Waals surface area (Å²) in [4.78, 5) is 12.0. The molecule has 1 fully saturated rings. The number of halogens is 1. The number of nitrogens with one attached hydrogen (secondary N) is 1. The minimum atomic E-state index is -0.290. The van der Waals surface area contributed by atoms with Crippen LogP contribution in [0.25, 0.3) is 11.4 Å². The number of carbonyl (C=O) groups is 1.